The molecule has 1 aromatic heterocycles. The highest BCUT2D eigenvalue weighted by atomic mass is 32.1. The van der Waals surface area contributed by atoms with Crippen LogP contribution in [0.25, 0.3) is 0 Å². The Bertz CT molecular complexity index is 451. The van der Waals surface area contributed by atoms with Gasteiger partial charge in [0.15, 0.2) is 0 Å². The third kappa shape index (κ3) is 1.71. The van der Waals surface area contributed by atoms with Gasteiger partial charge in [0.1, 0.15) is 5.00 Å². The summed E-state index contributed by atoms with van der Waals surface area (Å²) in [6.45, 7) is 2.12. The van der Waals surface area contributed by atoms with E-state index in [1.54, 1.807) is 6.92 Å². The fourth-order valence-electron chi connectivity index (χ4n) is 1.95. The minimum Gasteiger partial charge on any atom is -0.462 e. The van der Waals surface area contributed by atoms with Gasteiger partial charge in [-0.1, -0.05) is 0 Å². The summed E-state index contributed by atoms with van der Waals surface area (Å²) in [5.41, 5.74) is 7.83. The molecule has 0 unspecified atom stereocenters. The van der Waals surface area contributed by atoms with Crippen LogP contribution >= 0.6 is 11.3 Å². The van der Waals surface area contributed by atoms with Gasteiger partial charge in [-0.05, 0) is 31.7 Å². The minimum absolute atomic E-state index is 0.348. The van der Waals surface area contributed by atoms with Gasteiger partial charge in [-0.3, -0.25) is 0 Å². The second-order valence-corrected chi connectivity index (χ2v) is 4.75. The summed E-state index contributed by atoms with van der Waals surface area (Å²) in [6, 6.07) is 0. The normalized spacial score (nSPS) is 14.7. The number of carbonyl (C=O) groups is 1. The second-order valence-electron chi connectivity index (χ2n) is 3.70. The van der Waals surface area contributed by atoms with Crippen molar-refractivity contribution in [3.05, 3.63) is 16.0 Å². The van der Waals surface area contributed by atoms with Crippen LogP contribution in [0.3, 0.4) is 0 Å². The molecule has 3 N–H and O–H groups in total. The lowest BCUT2D eigenvalue weighted by atomic mass is 9.94. The van der Waals surface area contributed by atoms with E-state index in [-0.39, 0.29) is 5.97 Å². The molecule has 0 bridgehead atoms. The molecule has 0 aliphatic heterocycles. The molecule has 16 heavy (non-hydrogen) atoms. The van der Waals surface area contributed by atoms with E-state index in [4.69, 9.17) is 15.9 Å². The fraction of sp³-hybridized carbons (Fsp3) is 0.455. The molecule has 86 valence electrons. The molecule has 1 aromatic rings. The number of ether oxygens (including phenoxy) is 1. The van der Waals surface area contributed by atoms with Gasteiger partial charge in [-0.25, -0.2) is 4.79 Å². The number of fused-ring (bicyclic) bond motifs is 1. The Morgan fingerprint density at radius 1 is 1.56 bits per heavy atom. The van der Waals surface area contributed by atoms with Gasteiger partial charge in [0, 0.05) is 5.71 Å². The Morgan fingerprint density at radius 3 is 3.00 bits per heavy atom. The van der Waals surface area contributed by atoms with E-state index in [1.165, 1.54) is 11.3 Å². The number of thiophene rings is 1. The van der Waals surface area contributed by atoms with Crippen molar-refractivity contribution in [2.75, 3.05) is 12.3 Å². The highest BCUT2D eigenvalue weighted by molar-refractivity contribution is 7.18. The maximum absolute atomic E-state index is 11.7. The van der Waals surface area contributed by atoms with E-state index in [0.717, 1.165) is 29.7 Å². The number of hydrogen-bond acceptors (Lipinski definition) is 5. The van der Waals surface area contributed by atoms with E-state index >= 15 is 0 Å². The highest BCUT2D eigenvalue weighted by Crippen LogP contribution is 2.36. The van der Waals surface area contributed by atoms with Crippen molar-refractivity contribution in [3.63, 3.8) is 0 Å². The largest absolute Gasteiger partial charge is 0.462 e. The zero-order chi connectivity index (χ0) is 11.7. The van der Waals surface area contributed by atoms with Crippen molar-refractivity contribution in [1.29, 1.82) is 5.41 Å². The predicted octanol–water partition coefficient (Wildman–Crippen LogP) is 2.21. The molecule has 0 radical (unpaired) electrons. The first-order chi connectivity index (χ1) is 7.65. The summed E-state index contributed by atoms with van der Waals surface area (Å²) < 4.78 is 4.99. The first-order valence-corrected chi connectivity index (χ1v) is 6.12. The molecule has 0 atom stereocenters. The second kappa shape index (κ2) is 4.25. The van der Waals surface area contributed by atoms with Crippen molar-refractivity contribution >= 4 is 28.0 Å². The Balaban J connectivity index is 2.46. The van der Waals surface area contributed by atoms with Gasteiger partial charge in [-0.15, -0.1) is 11.3 Å². The van der Waals surface area contributed by atoms with E-state index in [0.29, 0.717) is 22.9 Å². The van der Waals surface area contributed by atoms with Crippen LogP contribution in [0, 0.1) is 5.41 Å². The number of nitrogens with two attached hydrogens (primary N) is 1. The van der Waals surface area contributed by atoms with Crippen LogP contribution in [0.1, 0.15) is 40.6 Å². The number of anilines is 1. The number of nitrogens with one attached hydrogen (secondary N) is 1. The van der Waals surface area contributed by atoms with Crippen LogP contribution in [-0.4, -0.2) is 18.3 Å². The predicted molar refractivity (Wildman–Crippen MR) is 64.5 cm³/mol. The summed E-state index contributed by atoms with van der Waals surface area (Å²) >= 11 is 1.33. The molecule has 1 aliphatic rings. The molecule has 1 aliphatic carbocycles. The van der Waals surface area contributed by atoms with Crippen LogP contribution in [0.15, 0.2) is 0 Å². The van der Waals surface area contributed by atoms with Gasteiger partial charge in [0.2, 0.25) is 0 Å². The summed E-state index contributed by atoms with van der Waals surface area (Å²) in [7, 11) is 0. The first-order valence-electron chi connectivity index (χ1n) is 5.31. The first kappa shape index (κ1) is 11.1. The SMILES string of the molecule is CCOC(=O)c1c(N)sc2c1CCCC2=N. The van der Waals surface area contributed by atoms with Crippen molar-refractivity contribution < 1.29 is 9.53 Å². The maximum Gasteiger partial charge on any atom is 0.341 e. The van der Waals surface area contributed by atoms with Gasteiger partial charge < -0.3 is 15.9 Å². The topological polar surface area (TPSA) is 76.2 Å². The number of esters is 1. The van der Waals surface area contributed by atoms with Crippen LogP contribution in [-0.2, 0) is 11.2 Å². The van der Waals surface area contributed by atoms with Crippen molar-refractivity contribution in [1.82, 2.24) is 0 Å². The van der Waals surface area contributed by atoms with Gasteiger partial charge >= 0.3 is 5.97 Å². The van der Waals surface area contributed by atoms with E-state index < -0.39 is 0 Å². The smallest absolute Gasteiger partial charge is 0.341 e. The highest BCUT2D eigenvalue weighted by Gasteiger charge is 2.27. The lowest BCUT2D eigenvalue weighted by molar-refractivity contribution is 0.0527. The maximum atomic E-state index is 11.7. The molecular formula is C11H14N2O2S. The summed E-state index contributed by atoms with van der Waals surface area (Å²) in [6.07, 6.45) is 2.50. The molecule has 1 heterocycles. The molecule has 0 amide bonds. The van der Waals surface area contributed by atoms with E-state index in [2.05, 4.69) is 0 Å². The zero-order valence-corrected chi connectivity index (χ0v) is 9.95. The number of hydrogen-bond donors (Lipinski definition) is 2. The number of carbonyl (C=O) groups excluding carboxylic acids is 1. The Hall–Kier alpha value is -1.36. The Labute approximate surface area is 97.9 Å². The zero-order valence-electron chi connectivity index (χ0n) is 9.13. The Kier molecular flexibility index (Phi) is 2.96. The lowest BCUT2D eigenvalue weighted by Gasteiger charge is -2.13. The van der Waals surface area contributed by atoms with Crippen LogP contribution < -0.4 is 5.73 Å². The van der Waals surface area contributed by atoms with Crippen LogP contribution in [0.4, 0.5) is 5.00 Å². The van der Waals surface area contributed by atoms with Crippen LogP contribution in [0.2, 0.25) is 0 Å². The Morgan fingerprint density at radius 2 is 2.31 bits per heavy atom. The monoisotopic (exact) mass is 238 g/mol. The third-order valence-corrected chi connectivity index (χ3v) is 3.76. The molecule has 5 heteroatoms. The molecule has 0 fully saturated rings. The molecule has 2 rings (SSSR count). The van der Waals surface area contributed by atoms with Crippen molar-refractivity contribution in [3.8, 4) is 0 Å². The molecule has 0 spiro atoms. The van der Waals surface area contributed by atoms with E-state index in [9.17, 15) is 4.79 Å². The molecule has 0 saturated carbocycles. The molecule has 0 aromatic carbocycles. The number of rotatable bonds is 2. The molecule has 0 saturated heterocycles. The minimum atomic E-state index is -0.354. The standard InChI is InChI=1S/C11H14N2O2S/c1-2-15-11(14)8-6-4-3-5-7(12)9(6)16-10(8)13/h12H,2-5,13H2,1H3. The average molecular weight is 238 g/mol. The van der Waals surface area contributed by atoms with Gasteiger partial charge in [-0.2, -0.15) is 0 Å². The average Bonchev–Trinajstić information content (AvgIpc) is 2.56. The van der Waals surface area contributed by atoms with Gasteiger partial charge in [0.05, 0.1) is 17.0 Å². The van der Waals surface area contributed by atoms with E-state index in [1.807, 2.05) is 0 Å². The summed E-state index contributed by atoms with van der Waals surface area (Å²) in [5, 5.41) is 8.31. The van der Waals surface area contributed by atoms with Crippen molar-refractivity contribution in [2.24, 2.45) is 0 Å². The lowest BCUT2D eigenvalue weighted by Crippen LogP contribution is -2.13. The molecule has 4 nitrogen and oxygen atoms in total. The third-order valence-electron chi connectivity index (χ3n) is 2.64. The summed E-state index contributed by atoms with van der Waals surface area (Å²) in [5.74, 6) is -0.354. The van der Waals surface area contributed by atoms with Gasteiger partial charge in [0.25, 0.3) is 0 Å². The van der Waals surface area contributed by atoms with Crippen molar-refractivity contribution in [2.45, 2.75) is 26.2 Å². The molecular weight excluding hydrogens is 224 g/mol. The summed E-state index contributed by atoms with van der Waals surface area (Å²) in [4.78, 5) is 12.6. The quantitative estimate of drug-likeness (QED) is 0.775. The fourth-order valence-corrected chi connectivity index (χ4v) is 3.03. The van der Waals surface area contributed by atoms with Crippen LogP contribution in [0.5, 0.6) is 0 Å². The number of nitrogen functional groups attached to an aromatic ring is 1.